The van der Waals surface area contributed by atoms with Gasteiger partial charge in [-0.25, -0.2) is 12.8 Å². The van der Waals surface area contributed by atoms with Crippen LogP contribution in [-0.4, -0.2) is 24.9 Å². The Labute approximate surface area is 93.8 Å². The van der Waals surface area contributed by atoms with Gasteiger partial charge < -0.3 is 5.11 Å². The van der Waals surface area contributed by atoms with Crippen molar-refractivity contribution < 1.29 is 17.9 Å². The molecule has 0 bridgehead atoms. The van der Waals surface area contributed by atoms with Crippen LogP contribution in [0, 0.1) is 5.82 Å². The molecule has 16 heavy (non-hydrogen) atoms. The summed E-state index contributed by atoms with van der Waals surface area (Å²) in [5.41, 5.74) is 0. The van der Waals surface area contributed by atoms with Crippen molar-refractivity contribution >= 4 is 9.84 Å². The van der Waals surface area contributed by atoms with E-state index in [0.717, 1.165) is 12.1 Å². The summed E-state index contributed by atoms with van der Waals surface area (Å²) in [6.45, 7) is 0. The molecule has 1 fully saturated rings. The van der Waals surface area contributed by atoms with Gasteiger partial charge in [0.05, 0.1) is 16.2 Å². The lowest BCUT2D eigenvalue weighted by Gasteiger charge is -2.10. The van der Waals surface area contributed by atoms with Crippen molar-refractivity contribution in [2.45, 2.75) is 35.5 Å². The minimum Gasteiger partial charge on any atom is -0.393 e. The van der Waals surface area contributed by atoms with Crippen molar-refractivity contribution in [3.05, 3.63) is 30.1 Å². The summed E-state index contributed by atoms with van der Waals surface area (Å²) in [6, 6.07) is 4.82. The van der Waals surface area contributed by atoms with Gasteiger partial charge in [-0.15, -0.1) is 0 Å². The van der Waals surface area contributed by atoms with Crippen LogP contribution in [0.1, 0.15) is 19.3 Å². The number of hydrogen-bond donors (Lipinski definition) is 1. The maximum absolute atomic E-state index is 12.7. The first-order valence-electron chi connectivity index (χ1n) is 5.17. The van der Waals surface area contributed by atoms with Crippen LogP contribution in [0.25, 0.3) is 0 Å². The summed E-state index contributed by atoms with van der Waals surface area (Å²) in [7, 11) is -3.42. The molecule has 3 nitrogen and oxygen atoms in total. The second kappa shape index (κ2) is 4.14. The van der Waals surface area contributed by atoms with Gasteiger partial charge in [0.15, 0.2) is 9.84 Å². The minimum atomic E-state index is -3.42. The summed E-state index contributed by atoms with van der Waals surface area (Å²) < 4.78 is 36.8. The van der Waals surface area contributed by atoms with Crippen molar-refractivity contribution in [3.8, 4) is 0 Å². The Balaban J connectivity index is 2.29. The fourth-order valence-electron chi connectivity index (χ4n) is 2.02. The third-order valence-corrected chi connectivity index (χ3v) is 5.17. The van der Waals surface area contributed by atoms with Crippen LogP contribution in [0.3, 0.4) is 0 Å². The molecule has 1 saturated carbocycles. The molecule has 0 spiro atoms. The first-order chi connectivity index (χ1) is 7.50. The Morgan fingerprint density at radius 1 is 1.19 bits per heavy atom. The Kier molecular flexibility index (Phi) is 2.99. The molecule has 0 amide bonds. The molecule has 0 aliphatic heterocycles. The zero-order valence-corrected chi connectivity index (χ0v) is 9.45. The summed E-state index contributed by atoms with van der Waals surface area (Å²) in [5, 5.41) is 8.80. The zero-order chi connectivity index (χ0) is 11.8. The molecule has 1 unspecified atom stereocenters. The molecule has 5 heteroatoms. The highest BCUT2D eigenvalue weighted by molar-refractivity contribution is 7.92. The third kappa shape index (κ3) is 2.10. The average Bonchev–Trinajstić information content (AvgIpc) is 2.66. The number of benzene rings is 1. The second-order valence-corrected chi connectivity index (χ2v) is 6.32. The number of aliphatic hydroxyl groups excluding tert-OH is 1. The standard InChI is InChI=1S/C11H13FO3S/c12-8-1-4-10(5-2-8)16(14,15)11-6-3-9(13)7-11/h1-2,4-5,9,11,13H,3,6-7H2/t9-,11?/m0/s1. The van der Waals surface area contributed by atoms with Crippen molar-refractivity contribution in [3.63, 3.8) is 0 Å². The van der Waals surface area contributed by atoms with Gasteiger partial charge in [-0.05, 0) is 43.5 Å². The highest BCUT2D eigenvalue weighted by atomic mass is 32.2. The van der Waals surface area contributed by atoms with Crippen LogP contribution in [0.5, 0.6) is 0 Å². The van der Waals surface area contributed by atoms with Gasteiger partial charge in [0.25, 0.3) is 0 Å². The van der Waals surface area contributed by atoms with Crippen LogP contribution >= 0.6 is 0 Å². The van der Waals surface area contributed by atoms with Gasteiger partial charge >= 0.3 is 0 Å². The lowest BCUT2D eigenvalue weighted by Crippen LogP contribution is -2.19. The van der Waals surface area contributed by atoms with E-state index in [1.165, 1.54) is 12.1 Å². The molecule has 1 N–H and O–H groups in total. The predicted molar refractivity (Wildman–Crippen MR) is 57.2 cm³/mol. The van der Waals surface area contributed by atoms with E-state index in [0.29, 0.717) is 12.8 Å². The molecule has 1 aromatic carbocycles. The second-order valence-electron chi connectivity index (χ2n) is 4.09. The summed E-state index contributed by atoms with van der Waals surface area (Å²) in [4.78, 5) is 0.132. The molecule has 1 aromatic rings. The molecular weight excluding hydrogens is 231 g/mol. The Hall–Kier alpha value is -0.940. The van der Waals surface area contributed by atoms with Gasteiger partial charge in [-0.1, -0.05) is 0 Å². The molecule has 1 aliphatic carbocycles. The predicted octanol–water partition coefficient (Wildman–Crippen LogP) is 1.51. The fourth-order valence-corrected chi connectivity index (χ4v) is 3.84. The number of sulfone groups is 1. The van der Waals surface area contributed by atoms with Crippen LogP contribution in [0.4, 0.5) is 4.39 Å². The van der Waals surface area contributed by atoms with Crippen molar-refractivity contribution in [1.29, 1.82) is 0 Å². The first-order valence-corrected chi connectivity index (χ1v) is 6.72. The molecule has 0 radical (unpaired) electrons. The molecule has 2 atom stereocenters. The smallest absolute Gasteiger partial charge is 0.181 e. The maximum Gasteiger partial charge on any atom is 0.181 e. The van der Waals surface area contributed by atoms with E-state index < -0.39 is 27.0 Å². The fraction of sp³-hybridized carbons (Fsp3) is 0.455. The zero-order valence-electron chi connectivity index (χ0n) is 8.64. The SMILES string of the molecule is O=S(=O)(c1ccc(F)cc1)C1CC[C@H](O)C1. The minimum absolute atomic E-state index is 0.132. The topological polar surface area (TPSA) is 54.4 Å². The van der Waals surface area contributed by atoms with Gasteiger partial charge in [-0.3, -0.25) is 0 Å². The van der Waals surface area contributed by atoms with Gasteiger partial charge in [0.2, 0.25) is 0 Å². The van der Waals surface area contributed by atoms with Crippen molar-refractivity contribution in [1.82, 2.24) is 0 Å². The van der Waals surface area contributed by atoms with E-state index >= 15 is 0 Å². The van der Waals surface area contributed by atoms with E-state index in [-0.39, 0.29) is 11.3 Å². The number of hydrogen-bond acceptors (Lipinski definition) is 3. The van der Waals surface area contributed by atoms with Gasteiger partial charge in [0.1, 0.15) is 5.82 Å². The molecule has 0 saturated heterocycles. The normalized spacial score (nSPS) is 25.9. The molecule has 2 rings (SSSR count). The number of rotatable bonds is 2. The van der Waals surface area contributed by atoms with Crippen molar-refractivity contribution in [2.24, 2.45) is 0 Å². The Morgan fingerprint density at radius 2 is 1.81 bits per heavy atom. The Morgan fingerprint density at radius 3 is 2.31 bits per heavy atom. The largest absolute Gasteiger partial charge is 0.393 e. The van der Waals surface area contributed by atoms with E-state index in [1.807, 2.05) is 0 Å². The van der Waals surface area contributed by atoms with Crippen LogP contribution < -0.4 is 0 Å². The van der Waals surface area contributed by atoms with E-state index in [4.69, 9.17) is 0 Å². The highest BCUT2D eigenvalue weighted by Crippen LogP contribution is 2.29. The van der Waals surface area contributed by atoms with Gasteiger partial charge in [0, 0.05) is 0 Å². The van der Waals surface area contributed by atoms with Crippen molar-refractivity contribution in [2.75, 3.05) is 0 Å². The van der Waals surface area contributed by atoms with E-state index in [1.54, 1.807) is 0 Å². The average molecular weight is 244 g/mol. The Bertz CT molecular complexity index is 467. The van der Waals surface area contributed by atoms with E-state index in [2.05, 4.69) is 0 Å². The summed E-state index contributed by atoms with van der Waals surface area (Å²) >= 11 is 0. The molecule has 0 aromatic heterocycles. The van der Waals surface area contributed by atoms with E-state index in [9.17, 15) is 17.9 Å². The maximum atomic E-state index is 12.7. The lowest BCUT2D eigenvalue weighted by atomic mass is 10.3. The quantitative estimate of drug-likeness (QED) is 0.802. The van der Waals surface area contributed by atoms with Crippen LogP contribution in [-0.2, 0) is 9.84 Å². The molecular formula is C11H13FO3S. The first kappa shape index (κ1) is 11.5. The number of halogens is 1. The summed E-state index contributed by atoms with van der Waals surface area (Å²) in [5.74, 6) is -0.453. The van der Waals surface area contributed by atoms with Gasteiger partial charge in [-0.2, -0.15) is 0 Å². The number of aliphatic hydroxyl groups is 1. The highest BCUT2D eigenvalue weighted by Gasteiger charge is 2.34. The lowest BCUT2D eigenvalue weighted by molar-refractivity contribution is 0.183. The molecule has 0 heterocycles. The summed E-state index contributed by atoms with van der Waals surface area (Å²) in [6.07, 6.45) is 0.742. The molecule has 1 aliphatic rings. The molecule has 88 valence electrons. The monoisotopic (exact) mass is 244 g/mol. The van der Waals surface area contributed by atoms with Crippen LogP contribution in [0.2, 0.25) is 0 Å². The van der Waals surface area contributed by atoms with Crippen LogP contribution in [0.15, 0.2) is 29.2 Å². The third-order valence-electron chi connectivity index (χ3n) is 2.94.